The smallest absolute Gasteiger partial charge is 0.277 e. The van der Waals surface area contributed by atoms with Crippen molar-refractivity contribution >= 4 is 23.4 Å². The molecule has 1 aromatic heterocycles. The number of carbonyl (C=O) groups excluding carboxylic acids is 1. The first-order valence-corrected chi connectivity index (χ1v) is 10.6. The average molecular weight is 388 g/mol. The van der Waals surface area contributed by atoms with Gasteiger partial charge in [-0.25, -0.2) is 0 Å². The number of nitrogens with one attached hydrogen (secondary N) is 1. The molecule has 5 nitrogen and oxygen atoms in total. The Morgan fingerprint density at radius 3 is 2.44 bits per heavy atom. The molecule has 146 valence electrons. The van der Waals surface area contributed by atoms with Gasteiger partial charge in [0.25, 0.3) is 5.22 Å². The van der Waals surface area contributed by atoms with Crippen molar-refractivity contribution in [3.05, 3.63) is 35.7 Å². The highest BCUT2D eigenvalue weighted by atomic mass is 32.2. The molecule has 27 heavy (non-hydrogen) atoms. The Kier molecular flexibility index (Phi) is 6.25. The van der Waals surface area contributed by atoms with Crippen molar-refractivity contribution in [2.75, 3.05) is 5.32 Å². The molecule has 0 unspecified atom stereocenters. The van der Waals surface area contributed by atoms with Gasteiger partial charge in [0.15, 0.2) is 0 Å². The van der Waals surface area contributed by atoms with Crippen LogP contribution >= 0.6 is 11.8 Å². The summed E-state index contributed by atoms with van der Waals surface area (Å²) in [4.78, 5) is 12.5. The molecule has 0 bridgehead atoms. The zero-order valence-electron chi connectivity index (χ0n) is 16.6. The second-order valence-corrected chi connectivity index (χ2v) is 9.61. The van der Waals surface area contributed by atoms with E-state index in [2.05, 4.69) is 48.4 Å². The summed E-state index contributed by atoms with van der Waals surface area (Å²) in [6.07, 6.45) is 5.98. The summed E-state index contributed by atoms with van der Waals surface area (Å²) in [5.41, 5.74) is 2.14. The third-order valence-electron chi connectivity index (χ3n) is 5.04. The molecule has 1 fully saturated rings. The second kappa shape index (κ2) is 8.46. The molecular formula is C21H29N3O2S. The molecule has 0 aliphatic heterocycles. The second-order valence-electron chi connectivity index (χ2n) is 8.32. The summed E-state index contributed by atoms with van der Waals surface area (Å²) >= 11 is 1.31. The Morgan fingerprint density at radius 2 is 1.81 bits per heavy atom. The number of rotatable bonds is 5. The third-order valence-corrected chi connectivity index (χ3v) is 5.98. The summed E-state index contributed by atoms with van der Waals surface area (Å²) in [6, 6.07) is 8.01. The van der Waals surface area contributed by atoms with E-state index < -0.39 is 0 Å². The van der Waals surface area contributed by atoms with Gasteiger partial charge in [-0.15, -0.1) is 10.2 Å². The number of amides is 1. The van der Waals surface area contributed by atoms with E-state index >= 15 is 0 Å². The molecule has 1 heterocycles. The lowest BCUT2D eigenvalue weighted by Gasteiger charge is -2.19. The Morgan fingerprint density at radius 1 is 1.15 bits per heavy atom. The molecular weight excluding hydrogens is 358 g/mol. The predicted octanol–water partition coefficient (Wildman–Crippen LogP) is 5.53. The lowest BCUT2D eigenvalue weighted by atomic mass is 9.87. The van der Waals surface area contributed by atoms with E-state index in [0.29, 0.717) is 11.1 Å². The number of aromatic nitrogens is 2. The molecule has 3 rings (SSSR count). The van der Waals surface area contributed by atoms with E-state index in [4.69, 9.17) is 4.42 Å². The van der Waals surface area contributed by atoms with E-state index in [1.165, 1.54) is 36.6 Å². The molecule has 0 radical (unpaired) electrons. The molecule has 1 saturated carbocycles. The molecule has 0 saturated heterocycles. The van der Waals surface area contributed by atoms with E-state index in [9.17, 15) is 4.79 Å². The number of benzene rings is 1. The molecule has 0 spiro atoms. The molecule has 1 atom stereocenters. The van der Waals surface area contributed by atoms with Crippen LogP contribution in [0, 0.1) is 0 Å². The zero-order valence-corrected chi connectivity index (χ0v) is 17.4. The van der Waals surface area contributed by atoms with Crippen molar-refractivity contribution in [2.24, 2.45) is 0 Å². The van der Waals surface area contributed by atoms with Crippen molar-refractivity contribution in [3.8, 4) is 0 Å². The van der Waals surface area contributed by atoms with Crippen molar-refractivity contribution < 1.29 is 9.21 Å². The van der Waals surface area contributed by atoms with Crippen LogP contribution in [0.2, 0.25) is 0 Å². The molecule has 1 aromatic carbocycles. The van der Waals surface area contributed by atoms with Gasteiger partial charge in [0, 0.05) is 11.6 Å². The Hall–Kier alpha value is -1.82. The van der Waals surface area contributed by atoms with Gasteiger partial charge >= 0.3 is 0 Å². The fraction of sp³-hybridized carbons (Fsp3) is 0.571. The van der Waals surface area contributed by atoms with Crippen LogP contribution in [0.25, 0.3) is 0 Å². The maximum absolute atomic E-state index is 12.5. The summed E-state index contributed by atoms with van der Waals surface area (Å²) < 4.78 is 5.81. The van der Waals surface area contributed by atoms with E-state index in [1.54, 1.807) is 0 Å². The Balaban J connectivity index is 1.55. The van der Waals surface area contributed by atoms with Crippen molar-refractivity contribution in [1.82, 2.24) is 10.2 Å². The molecule has 1 aliphatic rings. The summed E-state index contributed by atoms with van der Waals surface area (Å²) in [6.45, 7) is 8.37. The van der Waals surface area contributed by atoms with Gasteiger partial charge in [-0.3, -0.25) is 4.79 Å². The molecule has 1 N–H and O–H groups in total. The van der Waals surface area contributed by atoms with Crippen LogP contribution in [0.5, 0.6) is 0 Å². The highest BCUT2D eigenvalue weighted by Gasteiger charge is 2.23. The average Bonchev–Trinajstić information content (AvgIpc) is 3.10. The van der Waals surface area contributed by atoms with Gasteiger partial charge in [0.1, 0.15) is 0 Å². The van der Waals surface area contributed by atoms with Crippen molar-refractivity contribution in [2.45, 2.75) is 81.6 Å². The van der Waals surface area contributed by atoms with E-state index in [0.717, 1.165) is 24.4 Å². The molecule has 1 aliphatic carbocycles. The minimum atomic E-state index is -0.313. The highest BCUT2D eigenvalue weighted by molar-refractivity contribution is 8.00. The van der Waals surface area contributed by atoms with Crippen LogP contribution in [0.1, 0.15) is 77.2 Å². The first-order valence-electron chi connectivity index (χ1n) is 9.74. The zero-order chi connectivity index (χ0) is 19.4. The fourth-order valence-electron chi connectivity index (χ4n) is 3.28. The first-order chi connectivity index (χ1) is 12.8. The minimum absolute atomic E-state index is 0.0686. The number of anilines is 1. The van der Waals surface area contributed by atoms with Gasteiger partial charge in [-0.1, -0.05) is 63.9 Å². The van der Waals surface area contributed by atoms with Gasteiger partial charge in [0.2, 0.25) is 11.8 Å². The normalized spacial score (nSPS) is 16.9. The lowest BCUT2D eigenvalue weighted by molar-refractivity contribution is -0.115. The van der Waals surface area contributed by atoms with Gasteiger partial charge in [-0.05, 0) is 42.9 Å². The maximum Gasteiger partial charge on any atom is 0.277 e. The maximum atomic E-state index is 12.5. The number of nitrogens with zero attached hydrogens (tertiary/aromatic N) is 2. The van der Waals surface area contributed by atoms with Gasteiger partial charge < -0.3 is 9.73 Å². The monoisotopic (exact) mass is 387 g/mol. The van der Waals surface area contributed by atoms with Crippen molar-refractivity contribution in [3.63, 3.8) is 0 Å². The fourth-order valence-corrected chi connectivity index (χ4v) is 3.97. The topological polar surface area (TPSA) is 68.0 Å². The van der Waals surface area contributed by atoms with Crippen LogP contribution in [0.15, 0.2) is 33.9 Å². The van der Waals surface area contributed by atoms with E-state index in [1.807, 2.05) is 19.1 Å². The van der Waals surface area contributed by atoms with Crippen LogP contribution in [0.4, 0.5) is 5.69 Å². The molecule has 6 heteroatoms. The Bertz CT molecular complexity index is 758. The van der Waals surface area contributed by atoms with Crippen LogP contribution < -0.4 is 5.32 Å². The van der Waals surface area contributed by atoms with Crippen LogP contribution in [-0.4, -0.2) is 21.4 Å². The largest absolute Gasteiger partial charge is 0.416 e. The summed E-state index contributed by atoms with van der Waals surface area (Å²) in [7, 11) is 0. The quantitative estimate of drug-likeness (QED) is 0.683. The molecule has 1 amide bonds. The van der Waals surface area contributed by atoms with Crippen LogP contribution in [0.3, 0.4) is 0 Å². The number of thioether (sulfide) groups is 1. The van der Waals surface area contributed by atoms with Gasteiger partial charge in [0.05, 0.1) is 5.25 Å². The third kappa shape index (κ3) is 5.34. The standard InChI is InChI=1S/C21H29N3O2S/c1-14(18(25)22-17-12-10-16(11-13-17)21(2,3)4)27-20-24-23-19(26-20)15-8-6-5-7-9-15/h10-15H,5-9H2,1-4H3,(H,22,25)/t14-/m0/s1. The highest BCUT2D eigenvalue weighted by Crippen LogP contribution is 2.33. The SMILES string of the molecule is C[C@H](Sc1nnc(C2CCCCC2)o1)C(=O)Nc1ccc(C(C)(C)C)cc1. The van der Waals surface area contributed by atoms with Crippen molar-refractivity contribution in [1.29, 1.82) is 0 Å². The minimum Gasteiger partial charge on any atom is -0.416 e. The van der Waals surface area contributed by atoms with Crippen LogP contribution in [-0.2, 0) is 10.2 Å². The number of hydrogen-bond acceptors (Lipinski definition) is 5. The first kappa shape index (κ1) is 19.9. The lowest BCUT2D eigenvalue weighted by Crippen LogP contribution is -2.22. The summed E-state index contributed by atoms with van der Waals surface area (Å²) in [5, 5.41) is 11.4. The Labute approximate surface area is 165 Å². The number of hydrogen-bond donors (Lipinski definition) is 1. The molecule has 2 aromatic rings. The number of carbonyl (C=O) groups is 1. The van der Waals surface area contributed by atoms with Gasteiger partial charge in [-0.2, -0.15) is 0 Å². The summed E-state index contributed by atoms with van der Waals surface area (Å²) in [5.74, 6) is 1.04. The van der Waals surface area contributed by atoms with E-state index in [-0.39, 0.29) is 16.6 Å². The predicted molar refractivity (Wildman–Crippen MR) is 109 cm³/mol.